The lowest BCUT2D eigenvalue weighted by molar-refractivity contribution is -0.145. The summed E-state index contributed by atoms with van der Waals surface area (Å²) in [7, 11) is 1.40. The van der Waals surface area contributed by atoms with Crippen molar-refractivity contribution in [2.24, 2.45) is 0 Å². The maximum absolute atomic E-state index is 11.3. The molecule has 0 saturated carbocycles. The third kappa shape index (κ3) is 3.88. The van der Waals surface area contributed by atoms with Crippen LogP contribution in [0.2, 0.25) is 0 Å². The van der Waals surface area contributed by atoms with E-state index < -0.39 is 17.9 Å². The quantitative estimate of drug-likeness (QED) is 0.580. The molecule has 0 spiro atoms. The number of likely N-dealkylation sites (N-methyl/N-ethyl adjacent to an activating group) is 1. The number of nitrogens with zero attached hydrogens (tertiary/aromatic N) is 1. The second-order valence-corrected chi connectivity index (χ2v) is 2.91. The first-order chi connectivity index (χ1) is 7.08. The molecule has 0 heterocycles. The fourth-order valence-corrected chi connectivity index (χ4v) is 1.16. The van der Waals surface area contributed by atoms with Gasteiger partial charge < -0.3 is 10.1 Å². The van der Waals surface area contributed by atoms with Gasteiger partial charge in [0.25, 0.3) is 0 Å². The van der Waals surface area contributed by atoms with Crippen LogP contribution in [0.25, 0.3) is 0 Å². The van der Waals surface area contributed by atoms with Gasteiger partial charge in [-0.25, -0.2) is 0 Å². The molecule has 1 N–H and O–H groups in total. The molecule has 0 rings (SSSR count). The number of carbonyl (C=O) groups is 4. The molecule has 1 unspecified atom stereocenters. The summed E-state index contributed by atoms with van der Waals surface area (Å²) in [6.45, 7) is 1.19. The Morgan fingerprint density at radius 1 is 1.40 bits per heavy atom. The lowest BCUT2D eigenvalue weighted by Crippen LogP contribution is -2.47. The number of hydrogen-bond acceptors (Lipinski definition) is 4. The van der Waals surface area contributed by atoms with Gasteiger partial charge in [-0.1, -0.05) is 0 Å². The maximum Gasteiger partial charge on any atom is 0.243 e. The lowest BCUT2D eigenvalue weighted by Gasteiger charge is -2.23. The van der Waals surface area contributed by atoms with Crippen molar-refractivity contribution in [3.8, 4) is 0 Å². The van der Waals surface area contributed by atoms with E-state index in [1.54, 1.807) is 0 Å². The first-order valence-corrected chi connectivity index (χ1v) is 4.47. The molecule has 0 aromatic carbocycles. The van der Waals surface area contributed by atoms with Crippen LogP contribution in [0.15, 0.2) is 0 Å². The van der Waals surface area contributed by atoms with E-state index in [1.807, 2.05) is 0 Å². The molecule has 0 aromatic rings. The largest absolute Gasteiger partial charge is 0.357 e. The Labute approximate surface area is 87.6 Å². The number of nitrogens with one attached hydrogen (secondary N) is 1. The van der Waals surface area contributed by atoms with E-state index in [0.29, 0.717) is 12.7 Å². The summed E-state index contributed by atoms with van der Waals surface area (Å²) in [4.78, 5) is 43.9. The highest BCUT2D eigenvalue weighted by atomic mass is 16.2. The van der Waals surface area contributed by atoms with Gasteiger partial charge in [-0.2, -0.15) is 0 Å². The van der Waals surface area contributed by atoms with Gasteiger partial charge in [0, 0.05) is 20.4 Å². The highest BCUT2D eigenvalue weighted by Crippen LogP contribution is 2.05. The SMILES string of the molecule is CNC(=O)C(CCC=O)N(C=O)C(C)=O. The van der Waals surface area contributed by atoms with Crippen LogP contribution in [0.5, 0.6) is 0 Å². The van der Waals surface area contributed by atoms with E-state index in [9.17, 15) is 19.2 Å². The van der Waals surface area contributed by atoms with E-state index in [4.69, 9.17) is 0 Å². The molecule has 0 fully saturated rings. The van der Waals surface area contributed by atoms with E-state index in [0.717, 1.165) is 4.90 Å². The predicted molar refractivity (Wildman–Crippen MR) is 51.7 cm³/mol. The summed E-state index contributed by atoms with van der Waals surface area (Å²) in [6, 6.07) is -0.907. The Kier molecular flexibility index (Phi) is 5.92. The number of aldehydes is 1. The minimum atomic E-state index is -0.907. The predicted octanol–water partition coefficient (Wildman–Crippen LogP) is -0.915. The van der Waals surface area contributed by atoms with Gasteiger partial charge in [0.05, 0.1) is 0 Å². The van der Waals surface area contributed by atoms with Gasteiger partial charge in [0.1, 0.15) is 12.3 Å². The van der Waals surface area contributed by atoms with E-state index in [1.165, 1.54) is 14.0 Å². The van der Waals surface area contributed by atoms with Crippen LogP contribution in [0, 0.1) is 0 Å². The molecule has 84 valence electrons. The molecule has 0 aliphatic rings. The smallest absolute Gasteiger partial charge is 0.243 e. The molecule has 0 aromatic heterocycles. The van der Waals surface area contributed by atoms with Crippen LogP contribution in [0.1, 0.15) is 19.8 Å². The van der Waals surface area contributed by atoms with Crippen LogP contribution >= 0.6 is 0 Å². The maximum atomic E-state index is 11.3. The Morgan fingerprint density at radius 2 is 2.00 bits per heavy atom. The first kappa shape index (κ1) is 13.3. The number of imide groups is 1. The summed E-state index contributed by atoms with van der Waals surface area (Å²) in [6.07, 6.45) is 1.20. The molecule has 6 nitrogen and oxygen atoms in total. The number of amides is 3. The zero-order valence-electron chi connectivity index (χ0n) is 8.73. The standard InChI is InChI=1S/C9H14N2O4/c1-7(14)11(6-13)8(4-3-5-12)9(15)10-2/h5-6,8H,3-4H2,1-2H3,(H,10,15). The third-order valence-corrected chi connectivity index (χ3v) is 1.92. The van der Waals surface area contributed by atoms with Crippen molar-refractivity contribution in [2.45, 2.75) is 25.8 Å². The third-order valence-electron chi connectivity index (χ3n) is 1.92. The first-order valence-electron chi connectivity index (χ1n) is 4.47. The van der Waals surface area contributed by atoms with Crippen molar-refractivity contribution in [2.75, 3.05) is 7.05 Å². The number of carbonyl (C=O) groups excluding carboxylic acids is 4. The molecule has 0 aliphatic carbocycles. The molecule has 15 heavy (non-hydrogen) atoms. The van der Waals surface area contributed by atoms with Gasteiger partial charge in [-0.05, 0) is 6.42 Å². The number of rotatable bonds is 6. The molecular weight excluding hydrogens is 200 g/mol. The summed E-state index contributed by atoms with van der Waals surface area (Å²) in [5, 5.41) is 2.34. The molecule has 0 aliphatic heterocycles. The number of hydrogen-bond donors (Lipinski definition) is 1. The Hall–Kier alpha value is -1.72. The normalized spacial score (nSPS) is 11.3. The van der Waals surface area contributed by atoms with Crippen molar-refractivity contribution in [3.05, 3.63) is 0 Å². The van der Waals surface area contributed by atoms with Gasteiger partial charge >= 0.3 is 0 Å². The highest BCUT2D eigenvalue weighted by molar-refractivity contribution is 5.93. The molecule has 6 heteroatoms. The monoisotopic (exact) mass is 214 g/mol. The summed E-state index contributed by atoms with van der Waals surface area (Å²) >= 11 is 0. The van der Waals surface area contributed by atoms with Crippen molar-refractivity contribution in [3.63, 3.8) is 0 Å². The Bertz CT molecular complexity index is 265. The van der Waals surface area contributed by atoms with Crippen molar-refractivity contribution in [1.82, 2.24) is 10.2 Å². The summed E-state index contributed by atoms with van der Waals surface area (Å²) in [5.74, 6) is -0.983. The molecule has 0 bridgehead atoms. The molecule has 1 atom stereocenters. The minimum Gasteiger partial charge on any atom is -0.357 e. The highest BCUT2D eigenvalue weighted by Gasteiger charge is 2.26. The topological polar surface area (TPSA) is 83.6 Å². The van der Waals surface area contributed by atoms with E-state index in [-0.39, 0.29) is 12.8 Å². The van der Waals surface area contributed by atoms with Crippen LogP contribution in [-0.4, -0.2) is 42.5 Å². The van der Waals surface area contributed by atoms with Crippen molar-refractivity contribution >= 4 is 24.5 Å². The summed E-state index contributed by atoms with van der Waals surface area (Å²) in [5.41, 5.74) is 0. The summed E-state index contributed by atoms with van der Waals surface area (Å²) < 4.78 is 0. The van der Waals surface area contributed by atoms with Gasteiger partial charge in [0.15, 0.2) is 0 Å². The second-order valence-electron chi connectivity index (χ2n) is 2.91. The fourth-order valence-electron chi connectivity index (χ4n) is 1.16. The van der Waals surface area contributed by atoms with Crippen LogP contribution < -0.4 is 5.32 Å². The van der Waals surface area contributed by atoms with Crippen molar-refractivity contribution in [1.29, 1.82) is 0 Å². The van der Waals surface area contributed by atoms with E-state index >= 15 is 0 Å². The molecule has 0 radical (unpaired) electrons. The Morgan fingerprint density at radius 3 is 2.33 bits per heavy atom. The van der Waals surface area contributed by atoms with Crippen LogP contribution in [0.3, 0.4) is 0 Å². The minimum absolute atomic E-state index is 0.121. The van der Waals surface area contributed by atoms with Gasteiger partial charge in [0.2, 0.25) is 18.2 Å². The van der Waals surface area contributed by atoms with Gasteiger partial charge in [-0.3, -0.25) is 19.3 Å². The second kappa shape index (κ2) is 6.69. The lowest BCUT2D eigenvalue weighted by atomic mass is 10.1. The fraction of sp³-hybridized carbons (Fsp3) is 0.556. The zero-order chi connectivity index (χ0) is 11.8. The van der Waals surface area contributed by atoms with Crippen LogP contribution in [-0.2, 0) is 19.2 Å². The molecule has 0 saturated heterocycles. The zero-order valence-corrected chi connectivity index (χ0v) is 8.73. The molecule has 3 amide bonds. The van der Waals surface area contributed by atoms with Gasteiger partial charge in [-0.15, -0.1) is 0 Å². The van der Waals surface area contributed by atoms with Crippen molar-refractivity contribution < 1.29 is 19.2 Å². The Balaban J connectivity index is 4.71. The average molecular weight is 214 g/mol. The molecular formula is C9H14N2O4. The van der Waals surface area contributed by atoms with Crippen LogP contribution in [0.4, 0.5) is 0 Å². The van der Waals surface area contributed by atoms with E-state index in [2.05, 4.69) is 5.32 Å². The average Bonchev–Trinajstić information content (AvgIpc) is 2.22.